The Hall–Kier alpha value is -2.29. The van der Waals surface area contributed by atoms with Crippen LogP contribution in [0.2, 0.25) is 0 Å². The number of carbonyl (C=O) groups is 1. The van der Waals surface area contributed by atoms with Crippen molar-refractivity contribution in [3.63, 3.8) is 0 Å². The summed E-state index contributed by atoms with van der Waals surface area (Å²) in [5.74, 6) is 2.02. The van der Waals surface area contributed by atoms with Crippen LogP contribution in [0.25, 0.3) is 0 Å². The zero-order valence-electron chi connectivity index (χ0n) is 18.0. The normalized spacial score (nSPS) is 17.7. The van der Waals surface area contributed by atoms with Crippen LogP contribution in [-0.4, -0.2) is 42.5 Å². The Morgan fingerprint density at radius 1 is 1.13 bits per heavy atom. The molecular weight excluding hydrogens is 503 g/mol. The molecular formula is C24H31IN4O2. The molecule has 0 spiro atoms. The van der Waals surface area contributed by atoms with Crippen LogP contribution in [-0.2, 0) is 24.3 Å². The molecule has 1 saturated heterocycles. The van der Waals surface area contributed by atoms with Crippen LogP contribution in [0, 0.1) is 0 Å². The SMILES string of the molecule is CCNC(=NCc1ccccc1CN1CCCC1=O)NCC1Cc2ccccc2O1.I. The van der Waals surface area contributed by atoms with E-state index in [4.69, 9.17) is 9.73 Å². The van der Waals surface area contributed by atoms with E-state index in [1.807, 2.05) is 29.2 Å². The minimum absolute atomic E-state index is 0. The molecule has 1 fully saturated rings. The Morgan fingerprint density at radius 3 is 2.65 bits per heavy atom. The third kappa shape index (κ3) is 6.12. The van der Waals surface area contributed by atoms with Crippen molar-refractivity contribution in [3.8, 4) is 5.75 Å². The molecule has 1 unspecified atom stereocenters. The maximum Gasteiger partial charge on any atom is 0.222 e. The molecule has 6 nitrogen and oxygen atoms in total. The second-order valence-electron chi connectivity index (χ2n) is 7.82. The number of fused-ring (bicyclic) bond motifs is 1. The highest BCUT2D eigenvalue weighted by atomic mass is 127. The Morgan fingerprint density at radius 2 is 1.90 bits per heavy atom. The predicted molar refractivity (Wildman–Crippen MR) is 134 cm³/mol. The topological polar surface area (TPSA) is 66.0 Å². The number of rotatable bonds is 7. The average molecular weight is 534 g/mol. The fourth-order valence-electron chi connectivity index (χ4n) is 4.03. The molecule has 2 aliphatic heterocycles. The van der Waals surface area contributed by atoms with Crippen molar-refractivity contribution in [3.05, 3.63) is 65.2 Å². The van der Waals surface area contributed by atoms with E-state index in [2.05, 4.69) is 41.8 Å². The van der Waals surface area contributed by atoms with Gasteiger partial charge in [-0.3, -0.25) is 4.79 Å². The van der Waals surface area contributed by atoms with E-state index in [0.717, 1.165) is 43.2 Å². The summed E-state index contributed by atoms with van der Waals surface area (Å²) in [5, 5.41) is 6.73. The van der Waals surface area contributed by atoms with Gasteiger partial charge in [-0.15, -0.1) is 24.0 Å². The van der Waals surface area contributed by atoms with E-state index in [1.54, 1.807) is 0 Å². The summed E-state index contributed by atoms with van der Waals surface area (Å²) in [6.45, 7) is 5.64. The smallest absolute Gasteiger partial charge is 0.222 e. The standard InChI is InChI=1S/C24H30N4O2.HI/c1-2-25-24(27-16-21-14-18-8-5-6-11-22(18)30-21)26-15-19-9-3-4-10-20(19)17-28-13-7-12-23(28)29;/h3-6,8-11,21H,2,7,12-17H2,1H3,(H2,25,26,27);1H. The first-order valence-electron chi connectivity index (χ1n) is 10.8. The third-order valence-corrected chi connectivity index (χ3v) is 5.61. The van der Waals surface area contributed by atoms with Crippen LogP contribution in [0.3, 0.4) is 0 Å². The molecule has 2 heterocycles. The lowest BCUT2D eigenvalue weighted by Crippen LogP contribution is -2.42. The summed E-state index contributed by atoms with van der Waals surface area (Å²) in [5.41, 5.74) is 3.58. The van der Waals surface area contributed by atoms with E-state index in [0.29, 0.717) is 26.1 Å². The first-order chi connectivity index (χ1) is 14.7. The van der Waals surface area contributed by atoms with Gasteiger partial charge in [-0.05, 0) is 36.1 Å². The van der Waals surface area contributed by atoms with E-state index in [-0.39, 0.29) is 36.0 Å². The lowest BCUT2D eigenvalue weighted by molar-refractivity contribution is -0.128. The number of para-hydroxylation sites is 1. The van der Waals surface area contributed by atoms with Crippen molar-refractivity contribution in [2.24, 2.45) is 4.99 Å². The minimum atomic E-state index is 0. The monoisotopic (exact) mass is 534 g/mol. The van der Waals surface area contributed by atoms with E-state index in [1.165, 1.54) is 11.1 Å². The van der Waals surface area contributed by atoms with Crippen molar-refractivity contribution >= 4 is 35.8 Å². The first-order valence-corrected chi connectivity index (χ1v) is 10.8. The molecule has 7 heteroatoms. The van der Waals surface area contributed by atoms with Gasteiger partial charge < -0.3 is 20.3 Å². The average Bonchev–Trinajstić information content (AvgIpc) is 3.36. The molecule has 0 bridgehead atoms. The highest BCUT2D eigenvalue weighted by Crippen LogP contribution is 2.27. The van der Waals surface area contributed by atoms with Gasteiger partial charge >= 0.3 is 0 Å². The summed E-state index contributed by atoms with van der Waals surface area (Å²) in [6, 6.07) is 16.5. The number of guanidine groups is 1. The van der Waals surface area contributed by atoms with Gasteiger partial charge in [-0.25, -0.2) is 4.99 Å². The second kappa shape index (κ2) is 11.4. The number of halogens is 1. The molecule has 2 aliphatic rings. The molecule has 1 atom stereocenters. The molecule has 0 aromatic heterocycles. The lowest BCUT2D eigenvalue weighted by Gasteiger charge is -2.18. The molecule has 2 aromatic rings. The zero-order valence-corrected chi connectivity index (χ0v) is 20.3. The van der Waals surface area contributed by atoms with Crippen molar-refractivity contribution < 1.29 is 9.53 Å². The van der Waals surface area contributed by atoms with Gasteiger partial charge in [-0.1, -0.05) is 42.5 Å². The molecule has 166 valence electrons. The van der Waals surface area contributed by atoms with Gasteiger partial charge in [0.2, 0.25) is 5.91 Å². The largest absolute Gasteiger partial charge is 0.488 e. The molecule has 0 radical (unpaired) electrons. The molecule has 0 saturated carbocycles. The molecule has 4 rings (SSSR count). The Kier molecular flexibility index (Phi) is 8.57. The molecule has 31 heavy (non-hydrogen) atoms. The zero-order chi connectivity index (χ0) is 20.8. The summed E-state index contributed by atoms with van der Waals surface area (Å²) in [6.07, 6.45) is 2.65. The Labute approximate surface area is 201 Å². The summed E-state index contributed by atoms with van der Waals surface area (Å²) < 4.78 is 6.02. The first kappa shape index (κ1) is 23.4. The molecule has 0 aliphatic carbocycles. The highest BCUT2D eigenvalue weighted by Gasteiger charge is 2.23. The van der Waals surface area contributed by atoms with Crippen LogP contribution >= 0.6 is 24.0 Å². The van der Waals surface area contributed by atoms with Gasteiger partial charge in [0.1, 0.15) is 11.9 Å². The van der Waals surface area contributed by atoms with Crippen LogP contribution in [0.15, 0.2) is 53.5 Å². The third-order valence-electron chi connectivity index (χ3n) is 5.61. The molecule has 2 aromatic carbocycles. The predicted octanol–water partition coefficient (Wildman–Crippen LogP) is 3.49. The number of hydrogen-bond acceptors (Lipinski definition) is 3. The maximum atomic E-state index is 12.0. The fourth-order valence-corrected chi connectivity index (χ4v) is 4.03. The molecule has 2 N–H and O–H groups in total. The van der Waals surface area contributed by atoms with Gasteiger partial charge in [0.05, 0.1) is 13.1 Å². The summed E-state index contributed by atoms with van der Waals surface area (Å²) in [4.78, 5) is 18.7. The van der Waals surface area contributed by atoms with Crippen molar-refractivity contribution in [1.29, 1.82) is 0 Å². The van der Waals surface area contributed by atoms with Gasteiger partial charge in [0, 0.05) is 32.5 Å². The lowest BCUT2D eigenvalue weighted by atomic mass is 10.1. The number of likely N-dealkylation sites (tertiary alicyclic amines) is 1. The van der Waals surface area contributed by atoms with Gasteiger partial charge in [0.25, 0.3) is 0 Å². The number of nitrogens with one attached hydrogen (secondary N) is 2. The molecule has 1 amide bonds. The van der Waals surface area contributed by atoms with E-state index >= 15 is 0 Å². The number of aliphatic imine (C=N–C) groups is 1. The van der Waals surface area contributed by atoms with Crippen LogP contribution in [0.4, 0.5) is 0 Å². The van der Waals surface area contributed by atoms with Crippen LogP contribution in [0.1, 0.15) is 36.5 Å². The highest BCUT2D eigenvalue weighted by molar-refractivity contribution is 14.0. The fraction of sp³-hybridized carbons (Fsp3) is 0.417. The van der Waals surface area contributed by atoms with E-state index in [9.17, 15) is 4.79 Å². The number of hydrogen-bond donors (Lipinski definition) is 2. The number of nitrogens with zero attached hydrogens (tertiary/aromatic N) is 2. The number of carbonyl (C=O) groups excluding carboxylic acids is 1. The quantitative estimate of drug-likeness (QED) is 0.325. The summed E-state index contributed by atoms with van der Waals surface area (Å²) in [7, 11) is 0. The van der Waals surface area contributed by atoms with Gasteiger partial charge in [-0.2, -0.15) is 0 Å². The van der Waals surface area contributed by atoms with Crippen LogP contribution < -0.4 is 15.4 Å². The Bertz CT molecular complexity index is 893. The number of amides is 1. The van der Waals surface area contributed by atoms with Crippen LogP contribution in [0.5, 0.6) is 5.75 Å². The maximum absolute atomic E-state index is 12.0. The van der Waals surface area contributed by atoms with Gasteiger partial charge in [0.15, 0.2) is 5.96 Å². The van der Waals surface area contributed by atoms with Crippen molar-refractivity contribution in [1.82, 2.24) is 15.5 Å². The summed E-state index contributed by atoms with van der Waals surface area (Å²) >= 11 is 0. The minimum Gasteiger partial charge on any atom is -0.488 e. The van der Waals surface area contributed by atoms with Crippen molar-refractivity contribution in [2.45, 2.75) is 45.4 Å². The van der Waals surface area contributed by atoms with Crippen molar-refractivity contribution in [2.75, 3.05) is 19.6 Å². The van der Waals surface area contributed by atoms with E-state index < -0.39 is 0 Å². The Balaban J connectivity index is 0.00000272. The number of ether oxygens (including phenoxy) is 1. The number of benzene rings is 2. The second-order valence-corrected chi connectivity index (χ2v) is 7.82.